The second-order valence-corrected chi connectivity index (χ2v) is 6.15. The van der Waals surface area contributed by atoms with Gasteiger partial charge in [-0.05, 0) is 29.0 Å². The molecule has 0 fully saturated rings. The van der Waals surface area contributed by atoms with Crippen molar-refractivity contribution in [3.05, 3.63) is 89.0 Å². The summed E-state index contributed by atoms with van der Waals surface area (Å²) in [4.78, 5) is 35.5. The molecule has 30 heavy (non-hydrogen) atoms. The predicted molar refractivity (Wildman–Crippen MR) is 111 cm³/mol. The number of carbonyl (C=O) groups is 1. The minimum absolute atomic E-state index is 0.0371. The number of nitrogens with one attached hydrogen (secondary N) is 3. The molecular weight excluding hydrogens is 386 g/mol. The third kappa shape index (κ3) is 3.83. The molecule has 3 N–H and O–H groups in total. The SMILES string of the molecule is O=C(NNc1ncnc(Nc2cccnc2)c1[N+](=O)[O-])c1cccc2ccccc12. The van der Waals surface area contributed by atoms with Gasteiger partial charge in [-0.3, -0.25) is 30.7 Å². The van der Waals surface area contributed by atoms with Crippen LogP contribution in [-0.2, 0) is 0 Å². The van der Waals surface area contributed by atoms with Crippen LogP contribution in [0.3, 0.4) is 0 Å². The smallest absolute Gasteiger partial charge is 0.333 e. The molecule has 1 amide bonds. The van der Waals surface area contributed by atoms with E-state index in [2.05, 4.69) is 31.1 Å². The van der Waals surface area contributed by atoms with Crippen molar-refractivity contribution in [2.45, 2.75) is 0 Å². The molecule has 2 aromatic heterocycles. The van der Waals surface area contributed by atoms with Crippen LogP contribution in [0.15, 0.2) is 73.3 Å². The van der Waals surface area contributed by atoms with Gasteiger partial charge in [-0.15, -0.1) is 0 Å². The number of benzene rings is 2. The Labute approximate surface area is 170 Å². The monoisotopic (exact) mass is 401 g/mol. The average Bonchev–Trinajstić information content (AvgIpc) is 2.77. The molecule has 0 spiro atoms. The summed E-state index contributed by atoms with van der Waals surface area (Å²) in [7, 11) is 0. The summed E-state index contributed by atoms with van der Waals surface area (Å²) in [6, 6.07) is 16.1. The quantitative estimate of drug-likeness (QED) is 0.330. The second kappa shape index (κ2) is 8.19. The third-order valence-electron chi connectivity index (χ3n) is 4.26. The Bertz CT molecular complexity index is 1230. The van der Waals surface area contributed by atoms with Gasteiger partial charge in [-0.25, -0.2) is 9.97 Å². The minimum Gasteiger partial charge on any atom is -0.333 e. The van der Waals surface area contributed by atoms with Crippen molar-refractivity contribution in [1.82, 2.24) is 20.4 Å². The first kappa shape index (κ1) is 18.7. The predicted octanol–water partition coefficient (Wildman–Crippen LogP) is 3.43. The fourth-order valence-electron chi connectivity index (χ4n) is 2.91. The van der Waals surface area contributed by atoms with Gasteiger partial charge in [0.05, 0.1) is 16.8 Å². The number of rotatable bonds is 6. The van der Waals surface area contributed by atoms with E-state index in [1.165, 1.54) is 6.20 Å². The Morgan fingerprint density at radius 2 is 1.77 bits per heavy atom. The van der Waals surface area contributed by atoms with E-state index in [9.17, 15) is 14.9 Å². The van der Waals surface area contributed by atoms with Crippen molar-refractivity contribution in [2.24, 2.45) is 0 Å². The van der Waals surface area contributed by atoms with Crippen molar-refractivity contribution in [1.29, 1.82) is 0 Å². The molecule has 0 aliphatic carbocycles. The van der Waals surface area contributed by atoms with Crippen LogP contribution in [-0.4, -0.2) is 25.8 Å². The maximum atomic E-state index is 12.7. The summed E-state index contributed by atoms with van der Waals surface area (Å²) in [6.45, 7) is 0. The fraction of sp³-hybridized carbons (Fsp3) is 0. The van der Waals surface area contributed by atoms with E-state index < -0.39 is 16.5 Å². The van der Waals surface area contributed by atoms with E-state index in [0.717, 1.165) is 17.1 Å². The van der Waals surface area contributed by atoms with Crippen LogP contribution in [0, 0.1) is 10.1 Å². The fourth-order valence-corrected chi connectivity index (χ4v) is 2.91. The normalized spacial score (nSPS) is 10.4. The zero-order valence-corrected chi connectivity index (χ0v) is 15.4. The molecule has 10 heteroatoms. The number of amides is 1. The first-order valence-corrected chi connectivity index (χ1v) is 8.84. The van der Waals surface area contributed by atoms with Crippen LogP contribution >= 0.6 is 0 Å². The molecule has 0 saturated carbocycles. The van der Waals surface area contributed by atoms with Gasteiger partial charge in [0.15, 0.2) is 0 Å². The van der Waals surface area contributed by atoms with E-state index in [1.54, 1.807) is 30.5 Å². The molecule has 0 bridgehead atoms. The molecule has 0 atom stereocenters. The van der Waals surface area contributed by atoms with E-state index in [1.807, 2.05) is 30.3 Å². The number of pyridine rings is 1. The van der Waals surface area contributed by atoms with Gasteiger partial charge >= 0.3 is 5.69 Å². The van der Waals surface area contributed by atoms with Crippen LogP contribution in [0.2, 0.25) is 0 Å². The molecule has 2 heterocycles. The summed E-state index contributed by atoms with van der Waals surface area (Å²) in [5.74, 6) is -0.652. The number of hydrazine groups is 1. The molecule has 0 aliphatic heterocycles. The molecule has 2 aromatic carbocycles. The Hall–Kier alpha value is -4.60. The summed E-state index contributed by atoms with van der Waals surface area (Å²) in [6.07, 6.45) is 4.23. The van der Waals surface area contributed by atoms with Crippen molar-refractivity contribution >= 4 is 39.7 Å². The highest BCUT2D eigenvalue weighted by atomic mass is 16.6. The number of nitrogens with zero attached hydrogens (tertiary/aromatic N) is 4. The molecule has 148 valence electrons. The minimum atomic E-state index is -0.634. The van der Waals surface area contributed by atoms with Gasteiger partial charge in [-0.1, -0.05) is 36.4 Å². The first-order chi connectivity index (χ1) is 14.6. The number of hydrogen-bond acceptors (Lipinski definition) is 8. The van der Waals surface area contributed by atoms with Crippen molar-refractivity contribution in [3.8, 4) is 0 Å². The maximum absolute atomic E-state index is 12.7. The lowest BCUT2D eigenvalue weighted by Crippen LogP contribution is -2.30. The van der Waals surface area contributed by atoms with Crippen LogP contribution in [0.25, 0.3) is 10.8 Å². The van der Waals surface area contributed by atoms with Crippen molar-refractivity contribution < 1.29 is 9.72 Å². The topological polar surface area (TPSA) is 135 Å². The third-order valence-corrected chi connectivity index (χ3v) is 4.26. The summed E-state index contributed by atoms with van der Waals surface area (Å²) in [5.41, 5.74) is 5.53. The zero-order valence-electron chi connectivity index (χ0n) is 15.4. The van der Waals surface area contributed by atoms with Gasteiger partial charge < -0.3 is 5.32 Å². The lowest BCUT2D eigenvalue weighted by atomic mass is 10.0. The number of hydrogen-bond donors (Lipinski definition) is 3. The summed E-state index contributed by atoms with van der Waals surface area (Å²) < 4.78 is 0. The van der Waals surface area contributed by atoms with Crippen molar-refractivity contribution in [2.75, 3.05) is 10.7 Å². The van der Waals surface area contributed by atoms with Gasteiger partial charge in [0, 0.05) is 11.8 Å². The Balaban J connectivity index is 1.59. The molecular formula is C20H15N7O3. The zero-order chi connectivity index (χ0) is 20.9. The van der Waals surface area contributed by atoms with Gasteiger partial charge in [0.2, 0.25) is 11.6 Å². The molecule has 0 unspecified atom stereocenters. The van der Waals surface area contributed by atoms with Crippen LogP contribution < -0.4 is 16.2 Å². The maximum Gasteiger partial charge on any atom is 0.355 e. The summed E-state index contributed by atoms with van der Waals surface area (Å²) in [5, 5.41) is 16.1. The highest BCUT2D eigenvalue weighted by molar-refractivity contribution is 6.07. The number of nitro groups is 1. The van der Waals surface area contributed by atoms with Gasteiger partial charge in [0.1, 0.15) is 6.33 Å². The van der Waals surface area contributed by atoms with E-state index in [4.69, 9.17) is 0 Å². The van der Waals surface area contributed by atoms with Crippen LogP contribution in [0.1, 0.15) is 10.4 Å². The average molecular weight is 401 g/mol. The van der Waals surface area contributed by atoms with Gasteiger partial charge in [0.25, 0.3) is 5.91 Å². The highest BCUT2D eigenvalue weighted by Crippen LogP contribution is 2.30. The first-order valence-electron chi connectivity index (χ1n) is 8.84. The lowest BCUT2D eigenvalue weighted by molar-refractivity contribution is -0.383. The molecule has 10 nitrogen and oxygen atoms in total. The second-order valence-electron chi connectivity index (χ2n) is 6.15. The number of carbonyl (C=O) groups excluding carboxylic acids is 1. The van der Waals surface area contributed by atoms with E-state index >= 15 is 0 Å². The van der Waals surface area contributed by atoms with E-state index in [-0.39, 0.29) is 11.6 Å². The molecule has 0 radical (unpaired) electrons. The summed E-state index contributed by atoms with van der Waals surface area (Å²) >= 11 is 0. The number of aromatic nitrogens is 3. The van der Waals surface area contributed by atoms with Crippen molar-refractivity contribution in [3.63, 3.8) is 0 Å². The van der Waals surface area contributed by atoms with Crippen LogP contribution in [0.5, 0.6) is 0 Å². The van der Waals surface area contributed by atoms with Gasteiger partial charge in [-0.2, -0.15) is 0 Å². The largest absolute Gasteiger partial charge is 0.355 e. The number of anilines is 3. The Morgan fingerprint density at radius 1 is 0.967 bits per heavy atom. The molecule has 0 saturated heterocycles. The Kier molecular flexibility index (Phi) is 5.12. The molecule has 4 aromatic rings. The lowest BCUT2D eigenvalue weighted by Gasteiger charge is -2.11. The standard InChI is InChI=1S/C20H15N7O3/c28-20(16-9-3-6-13-5-1-2-8-15(13)16)26-25-19-17(27(29)30)18(22-12-23-19)24-14-7-4-10-21-11-14/h1-12H,(H,26,28)(H2,22,23,24,25). The number of fused-ring (bicyclic) bond motifs is 1. The molecule has 0 aliphatic rings. The van der Waals surface area contributed by atoms with E-state index in [0.29, 0.717) is 11.3 Å². The Morgan fingerprint density at radius 3 is 2.57 bits per heavy atom. The highest BCUT2D eigenvalue weighted by Gasteiger charge is 2.24. The van der Waals surface area contributed by atoms with Crippen LogP contribution in [0.4, 0.5) is 23.0 Å². The molecule has 4 rings (SSSR count).